The summed E-state index contributed by atoms with van der Waals surface area (Å²) in [6, 6.07) is 0. The summed E-state index contributed by atoms with van der Waals surface area (Å²) in [5.41, 5.74) is -1.25. The van der Waals surface area contributed by atoms with E-state index in [9.17, 15) is 0 Å². The van der Waals surface area contributed by atoms with E-state index in [4.69, 9.17) is 41.8 Å². The molecule has 146 valence electrons. The second-order valence-electron chi connectivity index (χ2n) is 10.0. The van der Waals surface area contributed by atoms with Gasteiger partial charge in [0.2, 0.25) is 0 Å². The van der Waals surface area contributed by atoms with Gasteiger partial charge in [0.15, 0.2) is 0 Å². The van der Waals surface area contributed by atoms with Gasteiger partial charge < -0.3 is 23.0 Å². The first-order chi connectivity index (χ1) is 11.1. The molecule has 0 amide bonds. The highest BCUT2D eigenvalue weighted by Gasteiger charge is 2.75. The topological polar surface area (TPSA) is 36.9 Å². The lowest BCUT2D eigenvalue weighted by Crippen LogP contribution is -2.70. The Labute approximate surface area is 163 Å². The van der Waals surface area contributed by atoms with Crippen LogP contribution in [0.3, 0.4) is 0 Å². The minimum atomic E-state index is -1.73. The summed E-state index contributed by atoms with van der Waals surface area (Å²) in [7, 11) is 1.74. The first-order valence-corrected chi connectivity index (χ1v) is 9.99. The van der Waals surface area contributed by atoms with Crippen molar-refractivity contribution in [3.8, 4) is 0 Å². The van der Waals surface area contributed by atoms with Gasteiger partial charge in [-0.05, 0) is 55.4 Å². The van der Waals surface area contributed by atoms with Gasteiger partial charge in [-0.1, -0.05) is 0 Å². The summed E-state index contributed by atoms with van der Waals surface area (Å²) in [5, 5.41) is 0.194. The molecule has 5 nitrogen and oxygen atoms in total. The Morgan fingerprint density at radius 2 is 1.16 bits per heavy atom. The maximum absolute atomic E-state index is 6.53. The summed E-state index contributed by atoms with van der Waals surface area (Å²) in [5.74, 6) is 0. The molecule has 0 N–H and O–H groups in total. The molecule has 0 radical (unpaired) electrons. The molecule has 0 aromatic rings. The van der Waals surface area contributed by atoms with Gasteiger partial charge in [0.25, 0.3) is 0 Å². The van der Waals surface area contributed by atoms with Gasteiger partial charge in [-0.15, -0.1) is 23.2 Å². The number of likely N-dealkylation sites (N-methyl/N-ethyl adjacent to an activating group) is 1. The van der Waals surface area contributed by atoms with Gasteiger partial charge in [-0.3, -0.25) is 0 Å². The van der Waals surface area contributed by atoms with Gasteiger partial charge in [0, 0.05) is 7.05 Å². The number of alkyl halides is 2. The summed E-state index contributed by atoms with van der Waals surface area (Å²) in [4.78, 5) is 0. The third-order valence-corrected chi connectivity index (χ3v) is 5.94. The predicted molar refractivity (Wildman–Crippen MR) is 105 cm³/mol. The average Bonchev–Trinajstić information content (AvgIpc) is 2.74. The number of hydrogen-bond acceptors (Lipinski definition) is 4. The Hall–Kier alpha value is 0.510. The smallest absolute Gasteiger partial charge is 0.491 e. The fraction of sp³-hybridized carbons (Fsp3) is 1.00. The van der Waals surface area contributed by atoms with Gasteiger partial charge in [0.05, 0.1) is 40.8 Å². The third-order valence-electron chi connectivity index (χ3n) is 5.94. The second kappa shape index (κ2) is 6.26. The van der Waals surface area contributed by atoms with Crippen molar-refractivity contribution in [2.45, 2.75) is 77.8 Å². The number of quaternary nitrogens is 1. The molecule has 3 fully saturated rings. The molecule has 0 aromatic heterocycles. The monoisotopic (exact) mass is 395 g/mol. The Bertz CT molecular complexity index is 492. The van der Waals surface area contributed by atoms with E-state index >= 15 is 0 Å². The number of halogens is 2. The number of hydrogen-bond donors (Lipinski definition) is 0. The second-order valence-corrected chi connectivity index (χ2v) is 10.8. The van der Waals surface area contributed by atoms with Gasteiger partial charge >= 0.3 is 13.6 Å². The van der Waals surface area contributed by atoms with Crippen LogP contribution >= 0.6 is 23.2 Å². The predicted octanol–water partition coefficient (Wildman–Crippen LogP) is 3.58. The van der Waals surface area contributed by atoms with E-state index in [2.05, 4.69) is 62.4 Å². The average molecular weight is 396 g/mol. The molecule has 0 saturated carbocycles. The van der Waals surface area contributed by atoms with E-state index in [0.29, 0.717) is 0 Å². The lowest BCUT2D eigenvalue weighted by atomic mass is 9.35. The van der Waals surface area contributed by atoms with E-state index < -0.39 is 13.6 Å². The summed E-state index contributed by atoms with van der Waals surface area (Å²) >= 11 is 9.53. The van der Waals surface area contributed by atoms with Crippen LogP contribution in [0.25, 0.3) is 0 Å². The Morgan fingerprint density at radius 3 is 1.48 bits per heavy atom. The highest BCUT2D eigenvalue weighted by molar-refractivity contribution is 7.19. The molecule has 0 atom stereocenters. The largest absolute Gasteiger partial charge is 0.509 e. The van der Waals surface area contributed by atoms with E-state index in [0.717, 1.165) is 17.5 Å². The van der Waals surface area contributed by atoms with Crippen molar-refractivity contribution in [2.75, 3.05) is 25.5 Å². The van der Waals surface area contributed by atoms with Crippen LogP contribution in [0.5, 0.6) is 0 Å². The minimum absolute atomic E-state index is 0.194. The number of rotatable bonds is 1. The van der Waals surface area contributed by atoms with Crippen molar-refractivity contribution in [3.63, 3.8) is 0 Å². The van der Waals surface area contributed by atoms with E-state index in [1.807, 2.05) is 0 Å². The zero-order chi connectivity index (χ0) is 19.5. The molecule has 0 bridgehead atoms. The maximum Gasteiger partial charge on any atom is 0.491 e. The molecule has 3 saturated heterocycles. The Kier molecular flexibility index (Phi) is 5.46. The molecule has 0 aliphatic carbocycles. The van der Waals surface area contributed by atoms with Crippen LogP contribution in [0, 0.1) is 0 Å². The highest BCUT2D eigenvalue weighted by atomic mass is 35.5. The van der Waals surface area contributed by atoms with Gasteiger partial charge in [-0.25, -0.2) is 0 Å². The SMILES string of the molecule is CC1(C)C[N+]2(C)CC(C)(C)O[B-]2(B2OC(C)(C)C(C)(C)O2)O1.ClCCl. The van der Waals surface area contributed by atoms with Crippen LogP contribution in [0.4, 0.5) is 0 Å². The molecule has 3 rings (SSSR count). The van der Waals surface area contributed by atoms with Crippen molar-refractivity contribution in [3.05, 3.63) is 0 Å². The van der Waals surface area contributed by atoms with E-state index in [1.54, 1.807) is 0 Å². The molecule has 0 unspecified atom stereocenters. The van der Waals surface area contributed by atoms with Crippen LogP contribution in [-0.2, 0) is 18.6 Å². The zero-order valence-corrected chi connectivity index (χ0v) is 18.6. The van der Waals surface area contributed by atoms with Gasteiger partial charge in [-0.2, -0.15) is 0 Å². The molecule has 0 spiro atoms. The molecule has 3 aliphatic heterocycles. The standard InChI is InChI=1S/C15H31B2NO4.CH2Cl2/c1-12(2)10-18(9)11-13(3,4)22-17(18,21-12)16-19-14(5,6)15(7,8)20-16;2-1-3/h10-11H2,1-9H3;1H2. The normalized spacial score (nSPS) is 39.7. The molecule has 0 aromatic carbocycles. The fourth-order valence-corrected chi connectivity index (χ4v) is 4.78. The number of nitrogens with zero attached hydrogens (tertiary/aromatic N) is 1. The number of fused-ring (bicyclic) bond motifs is 1. The molecular weight excluding hydrogens is 363 g/mol. The zero-order valence-electron chi connectivity index (χ0n) is 17.1. The molecule has 3 aliphatic rings. The first-order valence-electron chi connectivity index (χ1n) is 8.92. The highest BCUT2D eigenvalue weighted by Crippen LogP contribution is 2.51. The summed E-state index contributed by atoms with van der Waals surface area (Å²) in [6.07, 6.45) is 0. The Morgan fingerprint density at radius 1 is 0.840 bits per heavy atom. The van der Waals surface area contributed by atoms with Gasteiger partial charge in [0.1, 0.15) is 0 Å². The van der Waals surface area contributed by atoms with Crippen LogP contribution < -0.4 is 0 Å². The summed E-state index contributed by atoms with van der Waals surface area (Å²) < 4.78 is 26.5. The lowest BCUT2D eigenvalue weighted by molar-refractivity contribution is -0.803. The first kappa shape index (κ1) is 21.8. The summed E-state index contributed by atoms with van der Waals surface area (Å²) in [6.45, 7) is 16.9. The minimum Gasteiger partial charge on any atom is -0.509 e. The molecule has 25 heavy (non-hydrogen) atoms. The molecule has 3 heterocycles. The van der Waals surface area contributed by atoms with E-state index in [1.165, 1.54) is 0 Å². The van der Waals surface area contributed by atoms with Crippen LogP contribution in [-0.4, -0.2) is 65.9 Å². The third kappa shape index (κ3) is 3.63. The van der Waals surface area contributed by atoms with Crippen LogP contribution in [0.15, 0.2) is 0 Å². The van der Waals surface area contributed by atoms with Crippen molar-refractivity contribution in [1.29, 1.82) is 0 Å². The quantitative estimate of drug-likeness (QED) is 0.502. The maximum atomic E-state index is 6.53. The molecular formula is C16H33B2Cl2NO4. The van der Waals surface area contributed by atoms with Crippen molar-refractivity contribution < 1.29 is 23.0 Å². The van der Waals surface area contributed by atoms with Crippen LogP contribution in [0.2, 0.25) is 0 Å². The Balaban J connectivity index is 0.000000701. The van der Waals surface area contributed by atoms with Crippen molar-refractivity contribution in [2.24, 2.45) is 0 Å². The molecule has 9 heteroatoms. The van der Waals surface area contributed by atoms with E-state index in [-0.39, 0.29) is 27.7 Å². The van der Waals surface area contributed by atoms with Crippen molar-refractivity contribution in [1.82, 2.24) is 0 Å². The fourth-order valence-electron chi connectivity index (χ4n) is 4.78. The van der Waals surface area contributed by atoms with Crippen LogP contribution in [0.1, 0.15) is 55.4 Å². The lowest BCUT2D eigenvalue weighted by Gasteiger charge is -2.44. The van der Waals surface area contributed by atoms with Crippen molar-refractivity contribution >= 4 is 36.8 Å².